The molecule has 19 heavy (non-hydrogen) atoms. The number of hydrogen-bond donors (Lipinski definition) is 0. The van der Waals surface area contributed by atoms with E-state index >= 15 is 0 Å². The van der Waals surface area contributed by atoms with Gasteiger partial charge >= 0.3 is 0 Å². The quantitative estimate of drug-likeness (QED) is 0.776. The maximum absolute atomic E-state index is 12.1. The normalized spacial score (nSPS) is 19.2. The maximum atomic E-state index is 12.1. The molecule has 1 aromatic carbocycles. The summed E-state index contributed by atoms with van der Waals surface area (Å²) in [6, 6.07) is 9.78. The molecule has 1 aliphatic rings. The molecule has 104 valence electrons. The van der Waals surface area contributed by atoms with Gasteiger partial charge in [-0.05, 0) is 31.4 Å². The fraction of sp³-hybridized carbons (Fsp3) is 0.533. The van der Waals surface area contributed by atoms with Crippen LogP contribution in [0.3, 0.4) is 0 Å². The van der Waals surface area contributed by atoms with Gasteiger partial charge in [-0.15, -0.1) is 11.6 Å². The summed E-state index contributed by atoms with van der Waals surface area (Å²) in [7, 11) is 0. The van der Waals surface area contributed by atoms with Crippen molar-refractivity contribution in [2.24, 2.45) is 0 Å². The lowest BCUT2D eigenvalue weighted by molar-refractivity contribution is -0.134. The average Bonchev–Trinajstić information content (AvgIpc) is 2.48. The number of amides is 1. The van der Waals surface area contributed by atoms with Crippen LogP contribution < -0.4 is 4.74 Å². The van der Waals surface area contributed by atoms with Gasteiger partial charge in [0.15, 0.2) is 0 Å². The molecule has 4 heteroatoms. The van der Waals surface area contributed by atoms with Gasteiger partial charge in [-0.25, -0.2) is 0 Å². The number of carbonyl (C=O) groups excluding carboxylic acids is 1. The molecule has 0 aliphatic carbocycles. The van der Waals surface area contributed by atoms with Crippen LogP contribution in [0.5, 0.6) is 5.75 Å². The summed E-state index contributed by atoms with van der Waals surface area (Å²) in [5.41, 5.74) is 0. The summed E-state index contributed by atoms with van der Waals surface area (Å²) in [6.07, 6.45) is 3.69. The van der Waals surface area contributed by atoms with E-state index in [2.05, 4.69) is 0 Å². The number of hydrogen-bond acceptors (Lipinski definition) is 2. The van der Waals surface area contributed by atoms with Crippen molar-refractivity contribution in [3.63, 3.8) is 0 Å². The molecule has 3 nitrogen and oxygen atoms in total. The van der Waals surface area contributed by atoms with Crippen LogP contribution in [0.1, 0.15) is 25.7 Å². The molecule has 0 N–H and O–H groups in total. The summed E-state index contributed by atoms with van der Waals surface area (Å²) >= 11 is 5.92. The van der Waals surface area contributed by atoms with E-state index in [-0.39, 0.29) is 11.9 Å². The van der Waals surface area contributed by atoms with Crippen molar-refractivity contribution < 1.29 is 9.53 Å². The summed E-state index contributed by atoms with van der Waals surface area (Å²) in [5, 5.41) is 0. The topological polar surface area (TPSA) is 29.5 Å². The molecule has 1 aromatic rings. The van der Waals surface area contributed by atoms with E-state index in [1.54, 1.807) is 0 Å². The van der Waals surface area contributed by atoms with Crippen molar-refractivity contribution in [2.75, 3.05) is 19.0 Å². The Bertz CT molecular complexity index is 396. The van der Waals surface area contributed by atoms with E-state index in [4.69, 9.17) is 16.3 Å². The molecule has 1 atom stereocenters. The van der Waals surface area contributed by atoms with Crippen molar-refractivity contribution in [1.29, 1.82) is 0 Å². The molecule has 0 saturated carbocycles. The van der Waals surface area contributed by atoms with Crippen molar-refractivity contribution in [2.45, 2.75) is 31.7 Å². The second-order valence-electron chi connectivity index (χ2n) is 4.80. The fourth-order valence-electron chi connectivity index (χ4n) is 2.41. The van der Waals surface area contributed by atoms with E-state index in [1.807, 2.05) is 35.2 Å². The predicted molar refractivity (Wildman–Crippen MR) is 76.6 cm³/mol. The van der Waals surface area contributed by atoms with Crippen molar-refractivity contribution in [3.05, 3.63) is 30.3 Å². The number of piperidine rings is 1. The van der Waals surface area contributed by atoms with E-state index in [1.165, 1.54) is 6.42 Å². The van der Waals surface area contributed by atoms with Crippen LogP contribution in [0, 0.1) is 0 Å². The highest BCUT2D eigenvalue weighted by Crippen LogP contribution is 2.19. The highest BCUT2D eigenvalue weighted by Gasteiger charge is 2.25. The lowest BCUT2D eigenvalue weighted by Gasteiger charge is -2.34. The maximum Gasteiger partial charge on any atom is 0.226 e. The van der Waals surface area contributed by atoms with Gasteiger partial charge < -0.3 is 9.64 Å². The van der Waals surface area contributed by atoms with Crippen molar-refractivity contribution in [1.82, 2.24) is 4.90 Å². The van der Waals surface area contributed by atoms with Gasteiger partial charge in [0.1, 0.15) is 5.75 Å². The Morgan fingerprint density at radius 3 is 2.84 bits per heavy atom. The van der Waals surface area contributed by atoms with Gasteiger partial charge in [0.05, 0.1) is 13.0 Å². The number of nitrogens with zero attached hydrogens (tertiary/aromatic N) is 1. The molecular weight excluding hydrogens is 262 g/mol. The van der Waals surface area contributed by atoms with E-state index in [9.17, 15) is 4.79 Å². The first-order valence-electron chi connectivity index (χ1n) is 6.84. The zero-order valence-corrected chi connectivity index (χ0v) is 11.8. The largest absolute Gasteiger partial charge is 0.493 e. The minimum Gasteiger partial charge on any atom is -0.493 e. The summed E-state index contributed by atoms with van der Waals surface area (Å²) in [5.74, 6) is 1.50. The molecule has 1 unspecified atom stereocenters. The lowest BCUT2D eigenvalue weighted by Crippen LogP contribution is -2.45. The molecule has 1 heterocycles. The van der Waals surface area contributed by atoms with E-state index < -0.39 is 0 Å². The Morgan fingerprint density at radius 1 is 1.32 bits per heavy atom. The SMILES string of the molecule is O=C(CCOc1ccccc1)N1CCCCC1CCl. The standard InChI is InChI=1S/C15H20ClNO2/c16-12-13-6-4-5-10-17(13)15(18)9-11-19-14-7-2-1-3-8-14/h1-3,7-8,13H,4-6,9-12H2. The lowest BCUT2D eigenvalue weighted by atomic mass is 10.0. The van der Waals surface area contributed by atoms with Crippen LogP contribution >= 0.6 is 11.6 Å². The van der Waals surface area contributed by atoms with Gasteiger partial charge in [0.25, 0.3) is 0 Å². The predicted octanol–water partition coefficient (Wildman–Crippen LogP) is 3.08. The Hall–Kier alpha value is -1.22. The van der Waals surface area contributed by atoms with Crippen LogP contribution in [0.4, 0.5) is 0 Å². The van der Waals surface area contributed by atoms with Crippen LogP contribution in [0.15, 0.2) is 30.3 Å². The second-order valence-corrected chi connectivity index (χ2v) is 5.11. The third-order valence-electron chi connectivity index (χ3n) is 3.45. The summed E-state index contributed by atoms with van der Waals surface area (Å²) in [4.78, 5) is 14.1. The van der Waals surface area contributed by atoms with Crippen LogP contribution in [-0.4, -0.2) is 35.9 Å². The molecule has 1 amide bonds. The molecule has 1 aliphatic heterocycles. The van der Waals surface area contributed by atoms with Gasteiger partial charge in [-0.1, -0.05) is 18.2 Å². The molecule has 1 fully saturated rings. The number of halogens is 1. The third kappa shape index (κ3) is 4.13. The zero-order valence-electron chi connectivity index (χ0n) is 11.1. The molecule has 0 bridgehead atoms. The van der Waals surface area contributed by atoms with E-state index in [0.29, 0.717) is 18.9 Å². The van der Waals surface area contributed by atoms with Gasteiger partial charge in [-0.3, -0.25) is 4.79 Å². The number of benzene rings is 1. The van der Waals surface area contributed by atoms with Crippen LogP contribution in [0.25, 0.3) is 0 Å². The highest BCUT2D eigenvalue weighted by atomic mass is 35.5. The molecule has 2 rings (SSSR count). The van der Waals surface area contributed by atoms with Gasteiger partial charge in [-0.2, -0.15) is 0 Å². The molecule has 0 spiro atoms. The number of rotatable bonds is 5. The van der Waals surface area contributed by atoms with Gasteiger partial charge in [0, 0.05) is 18.5 Å². The Labute approximate surface area is 119 Å². The van der Waals surface area contributed by atoms with Crippen LogP contribution in [-0.2, 0) is 4.79 Å². The Morgan fingerprint density at radius 2 is 2.11 bits per heavy atom. The molecule has 0 radical (unpaired) electrons. The zero-order chi connectivity index (χ0) is 13.5. The van der Waals surface area contributed by atoms with Crippen molar-refractivity contribution in [3.8, 4) is 5.75 Å². The van der Waals surface area contributed by atoms with Crippen molar-refractivity contribution >= 4 is 17.5 Å². The minimum absolute atomic E-state index is 0.154. The number of para-hydroxylation sites is 1. The van der Waals surface area contributed by atoms with Gasteiger partial charge in [0.2, 0.25) is 5.91 Å². The Balaban J connectivity index is 1.77. The number of carbonyl (C=O) groups is 1. The first kappa shape index (κ1) is 14.2. The summed E-state index contributed by atoms with van der Waals surface area (Å²) in [6.45, 7) is 1.26. The molecule has 1 saturated heterocycles. The first-order chi connectivity index (χ1) is 9.31. The monoisotopic (exact) mass is 281 g/mol. The molecule has 0 aromatic heterocycles. The average molecular weight is 282 g/mol. The second kappa shape index (κ2) is 7.39. The summed E-state index contributed by atoms with van der Waals surface area (Å²) < 4.78 is 5.56. The number of likely N-dealkylation sites (tertiary alicyclic amines) is 1. The number of ether oxygens (including phenoxy) is 1. The number of alkyl halides is 1. The smallest absolute Gasteiger partial charge is 0.226 e. The van der Waals surface area contributed by atoms with E-state index in [0.717, 1.165) is 25.1 Å². The minimum atomic E-state index is 0.154. The highest BCUT2D eigenvalue weighted by molar-refractivity contribution is 6.18. The van der Waals surface area contributed by atoms with Crippen LogP contribution in [0.2, 0.25) is 0 Å². The third-order valence-corrected chi connectivity index (χ3v) is 3.81. The Kier molecular flexibility index (Phi) is 5.52. The molecular formula is C15H20ClNO2. The fourth-order valence-corrected chi connectivity index (χ4v) is 2.73. The first-order valence-corrected chi connectivity index (χ1v) is 7.38.